The Morgan fingerprint density at radius 3 is 1.73 bits per heavy atom. The van der Waals surface area contributed by atoms with Crippen LogP contribution in [0.2, 0.25) is 0 Å². The van der Waals surface area contributed by atoms with Crippen molar-refractivity contribution in [2.45, 2.75) is 71.4 Å². The molecule has 2 spiro atoms. The molecule has 11 nitrogen and oxygen atoms in total. The van der Waals surface area contributed by atoms with Crippen molar-refractivity contribution in [1.29, 1.82) is 0 Å². The maximum atomic E-state index is 13.5. The number of nitrogens with one attached hydrogen (secondary N) is 2. The summed E-state index contributed by atoms with van der Waals surface area (Å²) in [6.07, 6.45) is 7.76. The summed E-state index contributed by atoms with van der Waals surface area (Å²) in [4.78, 5) is 35.1. The Labute approximate surface area is 376 Å². The third kappa shape index (κ3) is 10.2. The van der Waals surface area contributed by atoms with Gasteiger partial charge >= 0.3 is 11.6 Å². The average Bonchev–Trinajstić information content (AvgIpc) is 3.70. The molecule has 4 aliphatic heterocycles. The van der Waals surface area contributed by atoms with E-state index < -0.39 is 17.1 Å². The molecule has 1 amide bonds. The van der Waals surface area contributed by atoms with Crippen LogP contribution in [0.25, 0.3) is 33.4 Å². The molecule has 4 aromatic rings. The van der Waals surface area contributed by atoms with E-state index in [-0.39, 0.29) is 35.4 Å². The molecule has 8 rings (SSSR count). The minimum Gasteiger partial charge on any atom is -0.510 e. The van der Waals surface area contributed by atoms with E-state index in [4.69, 9.17) is 18.9 Å². The smallest absolute Gasteiger partial charge is 0.510 e. The molecule has 2 fully saturated rings. The number of benzene rings is 4. The highest BCUT2D eigenvalue weighted by molar-refractivity contribution is 6.61. The summed E-state index contributed by atoms with van der Waals surface area (Å²) in [5.41, 5.74) is 8.69. The van der Waals surface area contributed by atoms with Crippen LogP contribution in [0.5, 0.6) is 0 Å². The quantitative estimate of drug-likeness (QED) is 0.0973. The molecule has 0 aromatic heterocycles. The van der Waals surface area contributed by atoms with Crippen molar-refractivity contribution in [2.75, 3.05) is 39.6 Å². The van der Waals surface area contributed by atoms with E-state index in [2.05, 4.69) is 59.4 Å². The number of halogens is 3. The van der Waals surface area contributed by atoms with E-state index in [0.29, 0.717) is 62.7 Å². The van der Waals surface area contributed by atoms with Gasteiger partial charge in [0.1, 0.15) is 29.0 Å². The molecule has 4 heterocycles. The third-order valence-corrected chi connectivity index (χ3v) is 12.1. The number of aliphatic hydroxyl groups excluding tert-OH is 1. The van der Waals surface area contributed by atoms with Gasteiger partial charge in [-0.2, -0.15) is 0 Å². The van der Waals surface area contributed by atoms with Gasteiger partial charge in [-0.15, -0.1) is 0 Å². The van der Waals surface area contributed by atoms with E-state index in [1.807, 2.05) is 26.0 Å². The molecule has 0 radical (unpaired) electrons. The topological polar surface area (TPSA) is 142 Å². The van der Waals surface area contributed by atoms with E-state index in [0.717, 1.165) is 68.5 Å². The lowest BCUT2D eigenvalue weighted by atomic mass is 9.85. The lowest BCUT2D eigenvalue weighted by molar-refractivity contribution is -0.117. The first-order valence-electron chi connectivity index (χ1n) is 20.9. The molecule has 2 saturated heterocycles. The Kier molecular flexibility index (Phi) is 15.3. The summed E-state index contributed by atoms with van der Waals surface area (Å²) in [6, 6.07) is 20.8. The molecule has 0 saturated carbocycles. The maximum absolute atomic E-state index is 13.5. The van der Waals surface area contributed by atoms with Crippen LogP contribution in [0, 0.1) is 51.9 Å². The van der Waals surface area contributed by atoms with Gasteiger partial charge in [-0.3, -0.25) is 4.79 Å². The van der Waals surface area contributed by atoms with Gasteiger partial charge < -0.3 is 39.4 Å². The van der Waals surface area contributed by atoms with E-state index in [1.54, 1.807) is 37.3 Å². The van der Waals surface area contributed by atoms with Crippen LogP contribution in [0.3, 0.4) is 0 Å². The van der Waals surface area contributed by atoms with E-state index >= 15 is 0 Å². The van der Waals surface area contributed by atoms with Crippen LogP contribution in [0.1, 0.15) is 66.0 Å². The zero-order chi connectivity index (χ0) is 46.2. The summed E-state index contributed by atoms with van der Waals surface area (Å²) in [7, 11) is 0. The van der Waals surface area contributed by atoms with Crippen LogP contribution in [0.4, 0.5) is 18.4 Å². The fourth-order valence-electron chi connectivity index (χ4n) is 8.89. The summed E-state index contributed by atoms with van der Waals surface area (Å²) < 4.78 is 52.1. The monoisotopic (exact) mass is 896 g/mol. The van der Waals surface area contributed by atoms with Crippen molar-refractivity contribution in [3.8, 4) is 34.8 Å². The first-order chi connectivity index (χ1) is 30.6. The van der Waals surface area contributed by atoms with Crippen molar-refractivity contribution >= 4 is 40.2 Å². The maximum Gasteiger partial charge on any atom is 0.513 e. The van der Waals surface area contributed by atoms with Crippen LogP contribution >= 0.6 is 11.6 Å². The van der Waals surface area contributed by atoms with Gasteiger partial charge in [0.2, 0.25) is 0 Å². The van der Waals surface area contributed by atoms with Gasteiger partial charge in [0, 0.05) is 63.0 Å². The largest absolute Gasteiger partial charge is 0.513 e. The number of aryl methyl sites for hydroxylation is 2. The normalized spacial score (nSPS) is 17.1. The second-order valence-corrected chi connectivity index (χ2v) is 16.2. The first kappa shape index (κ1) is 47.4. The Bertz CT molecular complexity index is 2500. The van der Waals surface area contributed by atoms with Gasteiger partial charge in [-0.1, -0.05) is 55.0 Å². The van der Waals surface area contributed by atoms with Gasteiger partial charge in [0.25, 0.3) is 5.91 Å². The van der Waals surface area contributed by atoms with E-state index in [1.165, 1.54) is 24.3 Å². The second kappa shape index (κ2) is 20.6. The molecule has 0 atom stereocenters. The van der Waals surface area contributed by atoms with Crippen LogP contribution in [-0.2, 0) is 28.5 Å². The first-order valence-corrected chi connectivity index (χ1v) is 21.3. The highest BCUT2D eigenvalue weighted by Gasteiger charge is 2.50. The van der Waals surface area contributed by atoms with Gasteiger partial charge in [0.05, 0.1) is 17.7 Å². The lowest BCUT2D eigenvalue weighted by Gasteiger charge is -2.34. The molecule has 0 unspecified atom stereocenters. The van der Waals surface area contributed by atoms with Crippen LogP contribution in [0.15, 0.2) is 84.3 Å². The number of hydrogen-bond acceptors (Lipinski definition) is 10. The van der Waals surface area contributed by atoms with Crippen molar-refractivity contribution in [3.05, 3.63) is 129 Å². The number of rotatable bonds is 6. The van der Waals surface area contributed by atoms with E-state index in [9.17, 15) is 28.3 Å². The van der Waals surface area contributed by atoms with Crippen molar-refractivity contribution in [1.82, 2.24) is 10.6 Å². The summed E-state index contributed by atoms with van der Waals surface area (Å²) in [5.74, 6) is -0.104. The fourth-order valence-corrected chi connectivity index (χ4v) is 8.93. The number of carbonyl (C=O) groups is 3. The third-order valence-electron chi connectivity index (χ3n) is 12.1. The molecule has 3 N–H and O–H groups in total. The van der Waals surface area contributed by atoms with Crippen molar-refractivity contribution in [2.24, 2.45) is 0 Å². The number of ether oxygens (including phenoxy) is 5. The molecule has 336 valence electrons. The minimum absolute atomic E-state index is 0.164. The van der Waals surface area contributed by atoms with Gasteiger partial charge in [0.15, 0.2) is 5.76 Å². The Balaban J connectivity index is 0.000000192. The molecule has 4 aromatic carbocycles. The predicted octanol–water partition coefficient (Wildman–Crippen LogP) is 10.2. The zero-order valence-corrected chi connectivity index (χ0v) is 37.2. The van der Waals surface area contributed by atoms with Crippen LogP contribution < -0.4 is 10.6 Å². The number of amides is 1. The highest BCUT2D eigenvalue weighted by atomic mass is 35.5. The molecule has 64 heavy (non-hydrogen) atoms. The lowest BCUT2D eigenvalue weighted by Crippen LogP contribution is -2.49. The number of hydrogen-bond donors (Lipinski definition) is 3. The zero-order valence-electron chi connectivity index (χ0n) is 36.4. The number of carbonyl (C=O) groups excluding carboxylic acids is 3. The van der Waals surface area contributed by atoms with Crippen LogP contribution in [-0.4, -0.2) is 73.3 Å². The highest BCUT2D eigenvalue weighted by Crippen LogP contribution is 2.44. The number of terminal acetylenes is 1. The Hall–Kier alpha value is -6.04. The molecular formula is C50H51ClF2N2O9. The van der Waals surface area contributed by atoms with Gasteiger partial charge in [-0.25, -0.2) is 18.4 Å². The Morgan fingerprint density at radius 1 is 0.781 bits per heavy atom. The summed E-state index contributed by atoms with van der Waals surface area (Å²) in [6.45, 7) is 12.7. The standard InChI is InChI=1S/C25H26FNO5.C22H24FNO2.C3HClO2/c1-4-31-24(29)32-22-21(23(28)27-25(22)11-13-30-14-12-25)20-15(2)5-10-19(16(20)3)17-6-8-18(26)9-7-17;1-14-3-8-18(16-4-6-17(23)7-5-16)15(2)20(14)19-13-24-22(21(19)25)9-11-26-12-10-22;1-2-6-3(4)5/h5-10H,4,11-14H2,1-3H3,(H,27,28);3-8,24-25H,9-13H2,1-2H3;1H. The fraction of sp³-hybridized carbons (Fsp3) is 0.340. The minimum atomic E-state index is -0.975. The SMILES string of the molecule is C#COC(=O)Cl.CCOC(=O)OC1=C(c2c(C)ccc(-c3ccc(F)cc3)c2C)C(=O)NC12CCOCC2.Cc1ccc(-c2ccc(F)cc2)c(C)c1C1=C(O)C2(CCOCC2)NC1. The molecule has 0 aliphatic carbocycles. The molecule has 14 heteroatoms. The average molecular weight is 897 g/mol. The molecular weight excluding hydrogens is 846 g/mol. The summed E-state index contributed by atoms with van der Waals surface area (Å²) >= 11 is 4.57. The molecule has 4 aliphatic rings. The van der Waals surface area contributed by atoms with Crippen molar-refractivity contribution < 1.29 is 52.0 Å². The number of aliphatic hydroxyl groups is 1. The Morgan fingerprint density at radius 2 is 1.27 bits per heavy atom. The summed E-state index contributed by atoms with van der Waals surface area (Å²) in [5, 5.41) is 17.7. The van der Waals surface area contributed by atoms with Crippen molar-refractivity contribution in [3.63, 3.8) is 0 Å². The van der Waals surface area contributed by atoms with Gasteiger partial charge in [-0.05, 0) is 127 Å². The predicted molar refractivity (Wildman–Crippen MR) is 240 cm³/mol. The second-order valence-electron chi connectivity index (χ2n) is 15.8. The molecule has 0 bridgehead atoms.